The summed E-state index contributed by atoms with van der Waals surface area (Å²) >= 11 is 5.89. The van der Waals surface area contributed by atoms with E-state index in [4.69, 9.17) is 11.6 Å². The molecular weight excluding hydrogens is 276 g/mol. The molecule has 0 radical (unpaired) electrons. The Hall–Kier alpha value is -1.39. The summed E-state index contributed by atoms with van der Waals surface area (Å²) in [5.74, 6) is 0.259. The molecule has 5 heteroatoms. The molecule has 4 nitrogen and oxygen atoms in total. The zero-order valence-corrected chi connectivity index (χ0v) is 12.3. The third-order valence-electron chi connectivity index (χ3n) is 3.72. The van der Waals surface area contributed by atoms with Gasteiger partial charge in [-0.15, -0.1) is 0 Å². The molecule has 1 fully saturated rings. The zero-order valence-electron chi connectivity index (χ0n) is 11.6. The van der Waals surface area contributed by atoms with Crippen molar-refractivity contribution in [2.24, 2.45) is 5.92 Å². The van der Waals surface area contributed by atoms with Gasteiger partial charge in [0.05, 0.1) is 6.54 Å². The van der Waals surface area contributed by atoms with E-state index < -0.39 is 0 Å². The molecule has 108 valence electrons. The van der Waals surface area contributed by atoms with Crippen LogP contribution in [0, 0.1) is 5.92 Å². The van der Waals surface area contributed by atoms with Crippen molar-refractivity contribution in [3.8, 4) is 0 Å². The first-order valence-electron chi connectivity index (χ1n) is 6.83. The van der Waals surface area contributed by atoms with Gasteiger partial charge in [0.1, 0.15) is 0 Å². The molecule has 1 aliphatic heterocycles. The number of carbonyl (C=O) groups is 2. The second-order valence-electron chi connectivity index (χ2n) is 5.10. The highest BCUT2D eigenvalue weighted by atomic mass is 35.5. The molecule has 1 N–H and O–H groups in total. The Balaban J connectivity index is 1.86. The van der Waals surface area contributed by atoms with Crippen LogP contribution in [0.5, 0.6) is 0 Å². The van der Waals surface area contributed by atoms with Gasteiger partial charge in [0.2, 0.25) is 5.91 Å². The SMILES string of the molecule is CNC(=O)C1CCN(CC(=O)c2cccc(Cl)c2)CC1. The molecule has 0 atom stereocenters. The average molecular weight is 295 g/mol. The van der Waals surface area contributed by atoms with E-state index in [0.717, 1.165) is 25.9 Å². The minimum atomic E-state index is 0.0749. The average Bonchev–Trinajstić information content (AvgIpc) is 2.47. The van der Waals surface area contributed by atoms with Gasteiger partial charge in [0, 0.05) is 23.6 Å². The number of carbonyl (C=O) groups excluding carboxylic acids is 2. The molecule has 0 aromatic heterocycles. The Kier molecular flexibility index (Phi) is 5.15. The number of piperidine rings is 1. The van der Waals surface area contributed by atoms with Gasteiger partial charge in [-0.3, -0.25) is 14.5 Å². The lowest BCUT2D eigenvalue weighted by Crippen LogP contribution is -2.41. The minimum absolute atomic E-state index is 0.0749. The van der Waals surface area contributed by atoms with Gasteiger partial charge in [0.25, 0.3) is 0 Å². The number of halogens is 1. The number of hydrogen-bond acceptors (Lipinski definition) is 3. The fourth-order valence-electron chi connectivity index (χ4n) is 2.51. The Bertz CT molecular complexity index is 496. The van der Waals surface area contributed by atoms with Gasteiger partial charge in [-0.2, -0.15) is 0 Å². The van der Waals surface area contributed by atoms with Crippen LogP contribution in [0.1, 0.15) is 23.2 Å². The van der Waals surface area contributed by atoms with Crippen LogP contribution in [0.2, 0.25) is 5.02 Å². The number of ketones is 1. The van der Waals surface area contributed by atoms with Crippen molar-refractivity contribution in [1.82, 2.24) is 10.2 Å². The topological polar surface area (TPSA) is 49.4 Å². The van der Waals surface area contributed by atoms with Crippen molar-refractivity contribution >= 4 is 23.3 Å². The highest BCUT2D eigenvalue weighted by Crippen LogP contribution is 2.18. The lowest BCUT2D eigenvalue weighted by molar-refractivity contribution is -0.125. The number of nitrogens with zero attached hydrogens (tertiary/aromatic N) is 1. The highest BCUT2D eigenvalue weighted by Gasteiger charge is 2.25. The van der Waals surface area contributed by atoms with Crippen LogP contribution in [-0.4, -0.2) is 43.3 Å². The van der Waals surface area contributed by atoms with Gasteiger partial charge in [-0.1, -0.05) is 23.7 Å². The number of Topliss-reactive ketones (excluding diaryl/α,β-unsaturated/α-hetero) is 1. The Labute approximate surface area is 124 Å². The van der Waals surface area contributed by atoms with E-state index in [-0.39, 0.29) is 17.6 Å². The molecule has 0 unspecified atom stereocenters. The molecule has 0 saturated carbocycles. The first kappa shape index (κ1) is 15.0. The lowest BCUT2D eigenvalue weighted by Gasteiger charge is -2.30. The number of hydrogen-bond donors (Lipinski definition) is 1. The van der Waals surface area contributed by atoms with Gasteiger partial charge in [-0.05, 0) is 38.1 Å². The van der Waals surface area contributed by atoms with Crippen LogP contribution in [-0.2, 0) is 4.79 Å². The van der Waals surface area contributed by atoms with Crippen molar-refractivity contribution in [1.29, 1.82) is 0 Å². The molecule has 0 bridgehead atoms. The van der Waals surface area contributed by atoms with Crippen molar-refractivity contribution in [2.75, 3.05) is 26.7 Å². The van der Waals surface area contributed by atoms with Crippen molar-refractivity contribution in [3.63, 3.8) is 0 Å². The first-order chi connectivity index (χ1) is 9.60. The lowest BCUT2D eigenvalue weighted by atomic mass is 9.95. The van der Waals surface area contributed by atoms with E-state index in [1.54, 1.807) is 31.3 Å². The largest absolute Gasteiger partial charge is 0.359 e. The summed E-state index contributed by atoms with van der Waals surface area (Å²) in [6.45, 7) is 1.95. The maximum absolute atomic E-state index is 12.2. The van der Waals surface area contributed by atoms with E-state index in [9.17, 15) is 9.59 Å². The third kappa shape index (κ3) is 3.81. The van der Waals surface area contributed by atoms with Gasteiger partial charge in [-0.25, -0.2) is 0 Å². The smallest absolute Gasteiger partial charge is 0.222 e. The van der Waals surface area contributed by atoms with E-state index >= 15 is 0 Å². The summed E-state index contributed by atoms with van der Waals surface area (Å²) in [6, 6.07) is 7.02. The van der Waals surface area contributed by atoms with Crippen LogP contribution in [0.25, 0.3) is 0 Å². The van der Waals surface area contributed by atoms with Crippen LogP contribution in [0.4, 0.5) is 0 Å². The van der Waals surface area contributed by atoms with Crippen LogP contribution >= 0.6 is 11.6 Å². The summed E-state index contributed by atoms with van der Waals surface area (Å²) in [7, 11) is 1.66. The fraction of sp³-hybridized carbons (Fsp3) is 0.467. The minimum Gasteiger partial charge on any atom is -0.359 e. The molecular formula is C15H19ClN2O2. The molecule has 2 rings (SSSR count). The Morgan fingerprint density at radius 1 is 1.35 bits per heavy atom. The van der Waals surface area contributed by atoms with Gasteiger partial charge in [0.15, 0.2) is 5.78 Å². The first-order valence-corrected chi connectivity index (χ1v) is 7.20. The summed E-state index contributed by atoms with van der Waals surface area (Å²) in [5, 5.41) is 3.26. The monoisotopic (exact) mass is 294 g/mol. The van der Waals surface area contributed by atoms with E-state index in [2.05, 4.69) is 10.2 Å². The van der Waals surface area contributed by atoms with Crippen LogP contribution in [0.15, 0.2) is 24.3 Å². The van der Waals surface area contributed by atoms with E-state index in [1.807, 2.05) is 0 Å². The highest BCUT2D eigenvalue weighted by molar-refractivity contribution is 6.31. The second kappa shape index (κ2) is 6.86. The van der Waals surface area contributed by atoms with Crippen molar-refractivity contribution in [2.45, 2.75) is 12.8 Å². The predicted molar refractivity (Wildman–Crippen MR) is 79.0 cm³/mol. The molecule has 1 heterocycles. The second-order valence-corrected chi connectivity index (χ2v) is 5.53. The van der Waals surface area contributed by atoms with Gasteiger partial charge < -0.3 is 5.32 Å². The van der Waals surface area contributed by atoms with Crippen molar-refractivity contribution in [3.05, 3.63) is 34.9 Å². The standard InChI is InChI=1S/C15H19ClN2O2/c1-17-15(20)11-5-7-18(8-6-11)10-14(19)12-3-2-4-13(16)9-12/h2-4,9,11H,5-8,10H2,1H3,(H,17,20). The molecule has 1 amide bonds. The number of rotatable bonds is 4. The van der Waals surface area contributed by atoms with Crippen LogP contribution < -0.4 is 5.32 Å². The Morgan fingerprint density at radius 2 is 2.05 bits per heavy atom. The molecule has 1 aliphatic rings. The maximum Gasteiger partial charge on any atom is 0.222 e. The van der Waals surface area contributed by atoms with E-state index in [1.165, 1.54) is 0 Å². The van der Waals surface area contributed by atoms with Crippen molar-refractivity contribution < 1.29 is 9.59 Å². The summed E-state index contributed by atoms with van der Waals surface area (Å²) in [6.07, 6.45) is 1.62. The molecule has 1 aromatic carbocycles. The van der Waals surface area contributed by atoms with E-state index in [0.29, 0.717) is 17.1 Å². The molecule has 20 heavy (non-hydrogen) atoms. The fourth-order valence-corrected chi connectivity index (χ4v) is 2.70. The Morgan fingerprint density at radius 3 is 2.65 bits per heavy atom. The quantitative estimate of drug-likeness (QED) is 0.864. The number of amides is 1. The van der Waals surface area contributed by atoms with Gasteiger partial charge >= 0.3 is 0 Å². The summed E-state index contributed by atoms with van der Waals surface area (Å²) in [4.78, 5) is 25.8. The number of benzene rings is 1. The van der Waals surface area contributed by atoms with Crippen LogP contribution in [0.3, 0.4) is 0 Å². The predicted octanol–water partition coefficient (Wildman–Crippen LogP) is 1.98. The number of likely N-dealkylation sites (tertiary alicyclic amines) is 1. The molecule has 0 aliphatic carbocycles. The summed E-state index contributed by atoms with van der Waals surface area (Å²) < 4.78 is 0. The third-order valence-corrected chi connectivity index (χ3v) is 3.95. The normalized spacial score (nSPS) is 16.9. The molecule has 0 spiro atoms. The molecule has 1 aromatic rings. The maximum atomic E-state index is 12.2. The summed E-state index contributed by atoms with van der Waals surface area (Å²) in [5.41, 5.74) is 0.644. The molecule has 1 saturated heterocycles. The number of nitrogens with one attached hydrogen (secondary N) is 1. The zero-order chi connectivity index (χ0) is 14.5.